The fourth-order valence-electron chi connectivity index (χ4n) is 1.89. The summed E-state index contributed by atoms with van der Waals surface area (Å²) in [6.45, 7) is 20.9. The molecule has 0 saturated carbocycles. The van der Waals surface area contributed by atoms with E-state index < -0.39 is 60.6 Å². The zero-order chi connectivity index (χ0) is 30.0. The molecule has 0 bridgehead atoms. The Hall–Kier alpha value is -2.60. The van der Waals surface area contributed by atoms with Gasteiger partial charge in [0.25, 0.3) is 0 Å². The number of esters is 2. The fourth-order valence-corrected chi connectivity index (χ4v) is 1.89. The molecule has 0 aromatic rings. The van der Waals surface area contributed by atoms with Gasteiger partial charge in [0, 0.05) is 0 Å². The van der Waals surface area contributed by atoms with Crippen molar-refractivity contribution in [1.82, 2.24) is 10.6 Å². The molecule has 2 atom stereocenters. The Morgan fingerprint density at radius 2 is 1.00 bits per heavy atom. The third-order valence-electron chi connectivity index (χ3n) is 3.25. The summed E-state index contributed by atoms with van der Waals surface area (Å²) in [4.78, 5) is 45.7. The first-order valence-corrected chi connectivity index (χ1v) is 12.3. The first-order chi connectivity index (χ1) is 16.7. The van der Waals surface area contributed by atoms with E-state index >= 15 is 0 Å². The van der Waals surface area contributed by atoms with Crippen LogP contribution in [0.25, 0.3) is 0 Å². The monoisotopic (exact) mass is 538 g/mol. The molecule has 2 amide bonds. The van der Waals surface area contributed by atoms with E-state index in [9.17, 15) is 19.2 Å². The van der Waals surface area contributed by atoms with E-state index in [4.69, 9.17) is 24.4 Å². The zero-order valence-electron chi connectivity index (χ0n) is 24.6. The van der Waals surface area contributed by atoms with Crippen LogP contribution in [0.4, 0.5) is 9.59 Å². The number of hydrogen-bond acceptors (Lipinski definition) is 10. The average molecular weight is 539 g/mol. The average Bonchev–Trinajstić information content (AvgIpc) is 2.73. The molecule has 12 nitrogen and oxygen atoms in total. The van der Waals surface area contributed by atoms with Gasteiger partial charge < -0.3 is 39.8 Å². The smallest absolute Gasteiger partial charge is 0.408 e. The van der Waals surface area contributed by atoms with E-state index in [-0.39, 0.29) is 18.6 Å². The van der Waals surface area contributed by atoms with Gasteiger partial charge in [-0.05, 0) is 53.9 Å². The lowest BCUT2D eigenvalue weighted by molar-refractivity contribution is -0.150. The first-order valence-electron chi connectivity index (χ1n) is 12.3. The van der Waals surface area contributed by atoms with Crippen molar-refractivity contribution in [2.24, 2.45) is 5.41 Å². The topological polar surface area (TPSA) is 170 Å². The molecule has 0 radical (unpaired) electrons. The van der Waals surface area contributed by atoms with Gasteiger partial charge in [-0.1, -0.05) is 34.6 Å². The molecule has 220 valence electrons. The minimum atomic E-state index is -1.11. The molecule has 12 heteroatoms. The maximum absolute atomic E-state index is 11.7. The highest BCUT2D eigenvalue weighted by Crippen LogP contribution is 2.13. The Bertz CT molecular complexity index is 676. The minimum absolute atomic E-state index is 0.179. The Morgan fingerprint density at radius 1 is 0.676 bits per heavy atom. The Morgan fingerprint density at radius 3 is 1.24 bits per heavy atom. The molecule has 4 N–H and O–H groups in total. The van der Waals surface area contributed by atoms with Crippen LogP contribution in [0.5, 0.6) is 0 Å². The van der Waals surface area contributed by atoms with Crippen molar-refractivity contribution in [1.29, 1.82) is 0 Å². The van der Waals surface area contributed by atoms with E-state index in [0.717, 1.165) is 0 Å². The number of hydrogen-bond donors (Lipinski definition) is 4. The summed E-state index contributed by atoms with van der Waals surface area (Å²) in [7, 11) is 0. The summed E-state index contributed by atoms with van der Waals surface area (Å²) < 4.78 is 19.6. The van der Waals surface area contributed by atoms with Gasteiger partial charge in [0.05, 0.1) is 26.4 Å². The van der Waals surface area contributed by atoms with Crippen LogP contribution in [0, 0.1) is 5.41 Å². The Balaban J connectivity index is -0.000000593. The summed E-state index contributed by atoms with van der Waals surface area (Å²) in [6.07, 6.45) is -1.53. The van der Waals surface area contributed by atoms with E-state index in [2.05, 4.69) is 15.4 Å². The van der Waals surface area contributed by atoms with Crippen molar-refractivity contribution in [2.45, 2.75) is 106 Å². The summed E-state index contributed by atoms with van der Waals surface area (Å²) in [5.74, 6) is -1.36. The SMILES string of the molecule is CC.CC(C)(C)COC(=O)C(CO)NC(=O)OC(C)(C)C.CCOC(=O)C(CO)NC(=O)OC(C)(C)C. The lowest BCUT2D eigenvalue weighted by Gasteiger charge is -2.23. The largest absolute Gasteiger partial charge is 0.464 e. The van der Waals surface area contributed by atoms with E-state index in [1.165, 1.54) is 0 Å². The number of ether oxygens (including phenoxy) is 4. The van der Waals surface area contributed by atoms with Crippen molar-refractivity contribution < 1.29 is 48.3 Å². The van der Waals surface area contributed by atoms with Crippen LogP contribution in [0.2, 0.25) is 0 Å². The second kappa shape index (κ2) is 18.6. The molecule has 0 saturated heterocycles. The maximum atomic E-state index is 11.7. The van der Waals surface area contributed by atoms with Crippen molar-refractivity contribution >= 4 is 24.1 Å². The number of carbonyl (C=O) groups excluding carboxylic acids is 4. The van der Waals surface area contributed by atoms with Crippen molar-refractivity contribution in [2.75, 3.05) is 26.4 Å². The van der Waals surface area contributed by atoms with Crippen molar-refractivity contribution in [3.8, 4) is 0 Å². The fraction of sp³-hybridized carbons (Fsp3) is 0.840. The number of alkyl carbamates (subject to hydrolysis) is 2. The van der Waals surface area contributed by atoms with Crippen LogP contribution in [0.1, 0.15) is 83.1 Å². The molecule has 0 aliphatic heterocycles. The van der Waals surface area contributed by atoms with Crippen LogP contribution < -0.4 is 10.6 Å². The molecule has 0 aliphatic rings. The second-order valence-corrected chi connectivity index (χ2v) is 10.7. The quantitative estimate of drug-likeness (QED) is 0.266. The highest BCUT2D eigenvalue weighted by Gasteiger charge is 2.26. The van der Waals surface area contributed by atoms with Crippen LogP contribution in [-0.4, -0.2) is 84.1 Å². The Kier molecular flexibility index (Phi) is 19.6. The van der Waals surface area contributed by atoms with E-state index in [1.54, 1.807) is 48.5 Å². The second-order valence-electron chi connectivity index (χ2n) is 10.7. The molecule has 37 heavy (non-hydrogen) atoms. The predicted octanol–water partition coefficient (Wildman–Crippen LogP) is 2.92. The molecule has 0 rings (SSSR count). The van der Waals surface area contributed by atoms with Crippen LogP contribution >= 0.6 is 0 Å². The molecule has 0 fully saturated rings. The zero-order valence-corrected chi connectivity index (χ0v) is 24.6. The third kappa shape index (κ3) is 24.9. The van der Waals surface area contributed by atoms with Crippen molar-refractivity contribution in [3.05, 3.63) is 0 Å². The highest BCUT2D eigenvalue weighted by atomic mass is 16.6. The normalized spacial score (nSPS) is 12.7. The third-order valence-corrected chi connectivity index (χ3v) is 3.25. The van der Waals surface area contributed by atoms with E-state index in [0.29, 0.717) is 0 Å². The lowest BCUT2D eigenvalue weighted by atomic mass is 9.99. The van der Waals surface area contributed by atoms with Gasteiger partial charge in [-0.15, -0.1) is 0 Å². The number of carbonyl (C=O) groups is 4. The summed E-state index contributed by atoms with van der Waals surface area (Å²) in [5, 5.41) is 22.5. The number of rotatable bonds is 8. The van der Waals surface area contributed by atoms with E-state index in [1.807, 2.05) is 34.6 Å². The molecule has 0 aromatic carbocycles. The molecule has 0 heterocycles. The number of aliphatic hydroxyl groups excluding tert-OH is 2. The van der Waals surface area contributed by atoms with Crippen LogP contribution in [-0.2, 0) is 28.5 Å². The highest BCUT2D eigenvalue weighted by molar-refractivity contribution is 5.82. The van der Waals surface area contributed by atoms with Crippen molar-refractivity contribution in [3.63, 3.8) is 0 Å². The van der Waals surface area contributed by atoms with Gasteiger partial charge in [0.15, 0.2) is 12.1 Å². The Labute approximate surface area is 221 Å². The standard InChI is InChI=1S/C13H25NO5.C10H19NO5.C2H6/c1-12(2,3)8-18-10(16)9(7-15)14-11(17)19-13(4,5)6;1-5-15-8(13)7(6-12)11-9(14)16-10(2,3)4;1-2/h9,15H,7-8H2,1-6H3,(H,14,17);7,12H,5-6H2,1-4H3,(H,11,14);1-2H3. The van der Waals surface area contributed by atoms with Gasteiger partial charge in [-0.25, -0.2) is 19.2 Å². The molecular formula is C25H50N2O10. The first kappa shape index (κ1) is 38.9. The minimum Gasteiger partial charge on any atom is -0.464 e. The maximum Gasteiger partial charge on any atom is 0.408 e. The molecular weight excluding hydrogens is 488 g/mol. The van der Waals surface area contributed by atoms with Crippen LogP contribution in [0.15, 0.2) is 0 Å². The summed E-state index contributed by atoms with van der Waals surface area (Å²) in [5.41, 5.74) is -1.50. The number of aliphatic hydroxyl groups is 2. The molecule has 2 unspecified atom stereocenters. The van der Waals surface area contributed by atoms with Gasteiger partial charge in [0.2, 0.25) is 0 Å². The van der Waals surface area contributed by atoms with Gasteiger partial charge >= 0.3 is 24.1 Å². The summed E-state index contributed by atoms with van der Waals surface area (Å²) in [6, 6.07) is -2.20. The molecule has 0 spiro atoms. The van der Waals surface area contributed by atoms with Crippen LogP contribution in [0.3, 0.4) is 0 Å². The molecule has 0 aliphatic carbocycles. The number of nitrogens with one attached hydrogen (secondary N) is 2. The van der Waals surface area contributed by atoms with Gasteiger partial charge in [-0.2, -0.15) is 0 Å². The van der Waals surface area contributed by atoms with Gasteiger partial charge in [0.1, 0.15) is 11.2 Å². The summed E-state index contributed by atoms with van der Waals surface area (Å²) >= 11 is 0. The molecule has 0 aromatic heterocycles. The predicted molar refractivity (Wildman–Crippen MR) is 139 cm³/mol. The van der Waals surface area contributed by atoms with Gasteiger partial charge in [-0.3, -0.25) is 0 Å². The number of amides is 2. The lowest BCUT2D eigenvalue weighted by Crippen LogP contribution is -2.46.